The molecule has 3 radical (unpaired) electrons. The minimum atomic E-state index is 0. The zero-order valence-electron chi connectivity index (χ0n) is 8.54. The number of hydrogen-bond acceptors (Lipinski definition) is 0. The molecule has 0 nitrogen and oxygen atoms in total. The molecule has 0 aliphatic carbocycles. The van der Waals surface area contributed by atoms with Crippen molar-refractivity contribution >= 4 is 25.5 Å². The van der Waals surface area contributed by atoms with E-state index in [1.54, 1.807) is 0 Å². The molecule has 0 atom stereocenters. The molecular formula is C12H11BY-2. The molecule has 0 spiro atoms. The minimum absolute atomic E-state index is 0. The van der Waals surface area contributed by atoms with Crippen molar-refractivity contribution in [1.82, 2.24) is 0 Å². The molecule has 1 rings (SSSR count). The fourth-order valence-electron chi connectivity index (χ4n) is 1.26. The molecule has 0 N–H and O–H groups in total. The van der Waals surface area contributed by atoms with Crippen LogP contribution in [0.1, 0.15) is 23.6 Å². The van der Waals surface area contributed by atoms with Gasteiger partial charge in [-0.25, -0.2) is 12.1 Å². The van der Waals surface area contributed by atoms with Crippen LogP contribution in [-0.2, 0) is 32.7 Å². The van der Waals surface area contributed by atoms with Gasteiger partial charge < -0.3 is 18.2 Å². The second-order valence-corrected chi connectivity index (χ2v) is 2.89. The van der Waals surface area contributed by atoms with Crippen LogP contribution < -0.4 is 5.46 Å². The van der Waals surface area contributed by atoms with Gasteiger partial charge in [-0.1, -0.05) is 13.0 Å². The molecule has 0 amide bonds. The van der Waals surface area contributed by atoms with Crippen LogP contribution in [0.4, 0.5) is 0 Å². The number of benzene rings is 1. The first-order chi connectivity index (χ1) is 6.19. The van der Waals surface area contributed by atoms with E-state index in [4.69, 9.17) is 14.4 Å². The topological polar surface area (TPSA) is 0 Å². The fraction of sp³-hybridized carbons (Fsp3) is 0.167. The summed E-state index contributed by atoms with van der Waals surface area (Å²) in [6.45, 7) is 9.31. The van der Waals surface area contributed by atoms with E-state index in [1.807, 2.05) is 32.1 Å². The fourth-order valence-corrected chi connectivity index (χ4v) is 1.26. The van der Waals surface area contributed by atoms with Gasteiger partial charge in [0.1, 0.15) is 0 Å². The third-order valence-electron chi connectivity index (χ3n) is 1.87. The van der Waals surface area contributed by atoms with Crippen molar-refractivity contribution in [2.45, 2.75) is 13.8 Å². The summed E-state index contributed by atoms with van der Waals surface area (Å²) in [5, 5.41) is 0. The Labute approximate surface area is 113 Å². The van der Waals surface area contributed by atoms with Crippen LogP contribution in [-0.4, -0.2) is 7.85 Å². The van der Waals surface area contributed by atoms with Crippen LogP contribution in [0, 0.1) is 19.6 Å². The Hall–Kier alpha value is -0.131. The van der Waals surface area contributed by atoms with Gasteiger partial charge in [-0.15, -0.1) is 17.2 Å². The second kappa shape index (κ2) is 6.37. The van der Waals surface area contributed by atoms with Gasteiger partial charge in [-0.3, -0.25) is 0 Å². The van der Waals surface area contributed by atoms with E-state index >= 15 is 0 Å². The van der Waals surface area contributed by atoms with Gasteiger partial charge in [0.25, 0.3) is 0 Å². The van der Waals surface area contributed by atoms with E-state index in [9.17, 15) is 0 Å². The van der Waals surface area contributed by atoms with Crippen LogP contribution in [0.3, 0.4) is 0 Å². The molecule has 0 aliphatic rings. The first-order valence-electron chi connectivity index (χ1n) is 4.19. The molecule has 0 saturated heterocycles. The summed E-state index contributed by atoms with van der Waals surface area (Å²) >= 11 is 0. The molecule has 0 aromatic heterocycles. The SMILES string of the molecule is [B]c1cc(C=[CH-])[c-]c(C)c1/C=C\C.[Y]. The van der Waals surface area contributed by atoms with Gasteiger partial charge in [-0.05, 0) is 6.92 Å². The third kappa shape index (κ3) is 3.22. The average molecular weight is 255 g/mol. The molecule has 14 heavy (non-hydrogen) atoms. The Kier molecular flexibility index (Phi) is 6.31. The molecule has 0 heterocycles. The molecule has 1 aromatic carbocycles. The van der Waals surface area contributed by atoms with E-state index in [2.05, 4.69) is 6.07 Å². The molecule has 0 bridgehead atoms. The Balaban J connectivity index is 0.00000169. The average Bonchev–Trinajstić information content (AvgIpc) is 2.11. The normalized spacial score (nSPS) is 9.86. The molecule has 0 saturated carbocycles. The van der Waals surface area contributed by atoms with Crippen molar-refractivity contribution in [1.29, 1.82) is 0 Å². The maximum absolute atomic E-state index is 5.84. The van der Waals surface area contributed by atoms with E-state index in [0.29, 0.717) is 0 Å². The monoisotopic (exact) mass is 255 g/mol. The number of hydrogen-bond donors (Lipinski definition) is 0. The summed E-state index contributed by atoms with van der Waals surface area (Å²) in [5.74, 6) is 0. The van der Waals surface area contributed by atoms with Crippen LogP contribution in [0.15, 0.2) is 12.1 Å². The number of allylic oxidation sites excluding steroid dienone is 1. The maximum atomic E-state index is 5.84. The summed E-state index contributed by atoms with van der Waals surface area (Å²) in [6, 6.07) is 4.96. The predicted octanol–water partition coefficient (Wildman–Crippen LogP) is 2.07. The van der Waals surface area contributed by atoms with Crippen LogP contribution >= 0.6 is 0 Å². The molecule has 2 heteroatoms. The van der Waals surface area contributed by atoms with Crippen molar-refractivity contribution in [3.63, 3.8) is 0 Å². The zero-order chi connectivity index (χ0) is 9.84. The van der Waals surface area contributed by atoms with Gasteiger partial charge in [0.05, 0.1) is 7.85 Å². The standard InChI is InChI=1S/C12H11B.Y/c1-4-6-11-9(3)7-10(5-2)8-12(11)13;/h2,4-6,8H,1,3H3;/q-2;/b6-4-;. The van der Waals surface area contributed by atoms with E-state index in [-0.39, 0.29) is 32.7 Å². The zero-order valence-corrected chi connectivity index (χ0v) is 11.4. The van der Waals surface area contributed by atoms with Crippen molar-refractivity contribution in [3.05, 3.63) is 41.5 Å². The first kappa shape index (κ1) is 13.9. The third-order valence-corrected chi connectivity index (χ3v) is 1.87. The molecule has 0 unspecified atom stereocenters. The largest absolute Gasteiger partial charge is 0.344 e. The Morgan fingerprint density at radius 3 is 2.57 bits per heavy atom. The van der Waals surface area contributed by atoms with E-state index < -0.39 is 0 Å². The smallest absolute Gasteiger partial charge is 0.0842 e. The van der Waals surface area contributed by atoms with Gasteiger partial charge in [-0.2, -0.15) is 5.46 Å². The van der Waals surface area contributed by atoms with Gasteiger partial charge in [0.2, 0.25) is 0 Å². The Morgan fingerprint density at radius 1 is 1.50 bits per heavy atom. The quantitative estimate of drug-likeness (QED) is 0.560. The number of rotatable bonds is 2. The van der Waals surface area contributed by atoms with E-state index in [1.165, 1.54) is 6.08 Å². The summed E-state index contributed by atoms with van der Waals surface area (Å²) in [6.07, 6.45) is 5.43. The Bertz CT molecular complexity index is 330. The van der Waals surface area contributed by atoms with Crippen molar-refractivity contribution < 1.29 is 32.7 Å². The number of aryl methyl sites for hydroxylation is 1. The van der Waals surface area contributed by atoms with Gasteiger partial charge in [0.15, 0.2) is 0 Å². The summed E-state index contributed by atoms with van der Waals surface area (Å²) in [4.78, 5) is 0. The predicted molar refractivity (Wildman–Crippen MR) is 58.9 cm³/mol. The van der Waals surface area contributed by atoms with Crippen LogP contribution in [0.2, 0.25) is 0 Å². The van der Waals surface area contributed by atoms with Gasteiger partial charge >= 0.3 is 0 Å². The first-order valence-corrected chi connectivity index (χ1v) is 4.19. The van der Waals surface area contributed by atoms with Gasteiger partial charge in [0, 0.05) is 32.7 Å². The van der Waals surface area contributed by atoms with E-state index in [0.717, 1.165) is 22.2 Å². The van der Waals surface area contributed by atoms with Crippen molar-refractivity contribution in [3.8, 4) is 0 Å². The Morgan fingerprint density at radius 2 is 2.14 bits per heavy atom. The summed E-state index contributed by atoms with van der Waals surface area (Å²) < 4.78 is 0. The minimum Gasteiger partial charge on any atom is -0.344 e. The maximum Gasteiger partial charge on any atom is 0.0842 e. The van der Waals surface area contributed by atoms with Crippen LogP contribution in [0.25, 0.3) is 12.2 Å². The molecule has 1 aromatic rings. The second-order valence-electron chi connectivity index (χ2n) is 2.89. The molecule has 67 valence electrons. The van der Waals surface area contributed by atoms with Crippen LogP contribution in [0.5, 0.6) is 0 Å². The molecule has 0 fully saturated rings. The molecule has 0 aliphatic heterocycles. The van der Waals surface area contributed by atoms with Crippen molar-refractivity contribution in [2.75, 3.05) is 0 Å². The summed E-state index contributed by atoms with van der Waals surface area (Å²) in [7, 11) is 5.84. The summed E-state index contributed by atoms with van der Waals surface area (Å²) in [5.41, 5.74) is 3.62. The molecular weight excluding hydrogens is 244 g/mol. The van der Waals surface area contributed by atoms with Crippen molar-refractivity contribution in [2.24, 2.45) is 0 Å².